The Balaban J connectivity index is 1.64. The van der Waals surface area contributed by atoms with E-state index >= 15 is 0 Å². The molecule has 3 nitrogen and oxygen atoms in total. The van der Waals surface area contributed by atoms with Crippen LogP contribution in [0.15, 0.2) is 10.9 Å². The number of aromatic nitrogens is 1. The van der Waals surface area contributed by atoms with Crippen LogP contribution in [0.4, 0.5) is 0 Å². The molecule has 4 heteroatoms. The molecule has 0 amide bonds. The highest BCUT2D eigenvalue weighted by Crippen LogP contribution is 2.35. The Labute approximate surface area is 114 Å². The first-order valence-corrected chi connectivity index (χ1v) is 8.13. The molecule has 100 valence electrons. The largest absolute Gasteiger partial charge is 0.316 e. The lowest BCUT2D eigenvalue weighted by Gasteiger charge is -2.33. The minimum absolute atomic E-state index is 0.491. The van der Waals surface area contributed by atoms with E-state index in [4.69, 9.17) is 0 Å². The van der Waals surface area contributed by atoms with Gasteiger partial charge in [0.2, 0.25) is 0 Å². The van der Waals surface area contributed by atoms with Crippen LogP contribution in [0.5, 0.6) is 0 Å². The first-order chi connectivity index (χ1) is 8.84. The van der Waals surface area contributed by atoms with Crippen LogP contribution >= 0.6 is 11.3 Å². The highest BCUT2D eigenvalue weighted by molar-refractivity contribution is 7.07. The lowest BCUT2D eigenvalue weighted by atomic mass is 9.98. The van der Waals surface area contributed by atoms with Gasteiger partial charge in [-0.1, -0.05) is 0 Å². The number of thiazole rings is 1. The van der Waals surface area contributed by atoms with Crippen molar-refractivity contribution in [3.8, 4) is 0 Å². The molecule has 1 aliphatic carbocycles. The molecule has 0 spiro atoms. The summed E-state index contributed by atoms with van der Waals surface area (Å²) in [5.74, 6) is 0.834. The van der Waals surface area contributed by atoms with Gasteiger partial charge in [-0.05, 0) is 51.6 Å². The standard InChI is InChI=1S/C14H23N3S/c1-11(14-9-18-10-16-14)17(13-4-5-13)8-12-3-2-6-15-7-12/h9-13,15H,2-8H2,1H3. The summed E-state index contributed by atoms with van der Waals surface area (Å²) in [6.45, 7) is 5.98. The molecule has 2 atom stereocenters. The fourth-order valence-corrected chi connectivity index (χ4v) is 3.65. The van der Waals surface area contributed by atoms with Crippen LogP contribution in [0.25, 0.3) is 0 Å². The van der Waals surface area contributed by atoms with Gasteiger partial charge in [-0.15, -0.1) is 11.3 Å². The molecule has 2 heterocycles. The molecule has 18 heavy (non-hydrogen) atoms. The zero-order valence-corrected chi connectivity index (χ0v) is 12.0. The Morgan fingerprint density at radius 2 is 2.39 bits per heavy atom. The molecule has 0 radical (unpaired) electrons. The van der Waals surface area contributed by atoms with Gasteiger partial charge in [-0.3, -0.25) is 4.90 Å². The van der Waals surface area contributed by atoms with E-state index in [0.717, 1.165) is 12.0 Å². The Hall–Kier alpha value is -0.450. The van der Waals surface area contributed by atoms with Crippen molar-refractivity contribution < 1.29 is 0 Å². The smallest absolute Gasteiger partial charge is 0.0795 e. The number of hydrogen-bond acceptors (Lipinski definition) is 4. The van der Waals surface area contributed by atoms with Gasteiger partial charge < -0.3 is 5.32 Å². The summed E-state index contributed by atoms with van der Waals surface area (Å²) in [6, 6.07) is 1.31. The molecule has 1 aliphatic heterocycles. The third-order valence-corrected chi connectivity index (χ3v) is 4.87. The molecule has 3 rings (SSSR count). The zero-order chi connectivity index (χ0) is 12.4. The minimum Gasteiger partial charge on any atom is -0.316 e. The number of hydrogen-bond donors (Lipinski definition) is 1. The van der Waals surface area contributed by atoms with Crippen LogP contribution in [0, 0.1) is 5.92 Å². The first-order valence-electron chi connectivity index (χ1n) is 7.19. The van der Waals surface area contributed by atoms with Crippen LogP contribution in [-0.4, -0.2) is 35.6 Å². The lowest BCUT2D eigenvalue weighted by molar-refractivity contribution is 0.152. The molecule has 1 aromatic rings. The van der Waals surface area contributed by atoms with E-state index < -0.39 is 0 Å². The molecule has 1 saturated heterocycles. The predicted molar refractivity (Wildman–Crippen MR) is 75.9 cm³/mol. The summed E-state index contributed by atoms with van der Waals surface area (Å²) in [5, 5.41) is 5.74. The molecule has 1 N–H and O–H groups in total. The SMILES string of the molecule is CC(c1cscn1)N(CC1CCCNC1)C1CC1. The molecular formula is C14H23N3S. The number of nitrogens with zero attached hydrogens (tertiary/aromatic N) is 2. The molecule has 1 saturated carbocycles. The maximum Gasteiger partial charge on any atom is 0.0795 e. The summed E-state index contributed by atoms with van der Waals surface area (Å²) in [5.41, 5.74) is 3.22. The summed E-state index contributed by atoms with van der Waals surface area (Å²) < 4.78 is 0. The van der Waals surface area contributed by atoms with Crippen molar-refractivity contribution >= 4 is 11.3 Å². The highest BCUT2D eigenvalue weighted by Gasteiger charge is 2.34. The predicted octanol–water partition coefficient (Wildman–Crippen LogP) is 2.67. The molecule has 0 bridgehead atoms. The van der Waals surface area contributed by atoms with Crippen LogP contribution in [0.1, 0.15) is 44.3 Å². The average Bonchev–Trinajstić information content (AvgIpc) is 3.10. The number of nitrogens with one attached hydrogen (secondary N) is 1. The van der Waals surface area contributed by atoms with E-state index in [1.54, 1.807) is 11.3 Å². The highest BCUT2D eigenvalue weighted by atomic mass is 32.1. The van der Waals surface area contributed by atoms with Gasteiger partial charge in [-0.25, -0.2) is 4.98 Å². The molecular weight excluding hydrogens is 242 g/mol. The Morgan fingerprint density at radius 3 is 3.00 bits per heavy atom. The van der Waals surface area contributed by atoms with E-state index in [2.05, 4.69) is 27.5 Å². The van der Waals surface area contributed by atoms with Gasteiger partial charge in [0.25, 0.3) is 0 Å². The van der Waals surface area contributed by atoms with E-state index in [1.165, 1.54) is 51.0 Å². The lowest BCUT2D eigenvalue weighted by Crippen LogP contribution is -2.40. The Kier molecular flexibility index (Phi) is 3.97. The van der Waals surface area contributed by atoms with Crippen molar-refractivity contribution in [1.29, 1.82) is 0 Å². The third-order valence-electron chi connectivity index (χ3n) is 4.26. The van der Waals surface area contributed by atoms with Gasteiger partial charge in [0, 0.05) is 18.0 Å². The second-order valence-electron chi connectivity index (χ2n) is 5.73. The van der Waals surface area contributed by atoms with Crippen molar-refractivity contribution in [3.63, 3.8) is 0 Å². The van der Waals surface area contributed by atoms with E-state index in [1.807, 2.05) is 5.51 Å². The van der Waals surface area contributed by atoms with Crippen LogP contribution < -0.4 is 5.32 Å². The second-order valence-corrected chi connectivity index (χ2v) is 6.45. The van der Waals surface area contributed by atoms with Gasteiger partial charge in [-0.2, -0.15) is 0 Å². The molecule has 0 aromatic carbocycles. The zero-order valence-electron chi connectivity index (χ0n) is 11.1. The van der Waals surface area contributed by atoms with E-state index in [0.29, 0.717) is 6.04 Å². The third kappa shape index (κ3) is 2.92. The quantitative estimate of drug-likeness (QED) is 0.887. The van der Waals surface area contributed by atoms with Gasteiger partial charge >= 0.3 is 0 Å². The topological polar surface area (TPSA) is 28.2 Å². The Morgan fingerprint density at radius 1 is 1.50 bits per heavy atom. The van der Waals surface area contributed by atoms with Gasteiger partial charge in [0.1, 0.15) is 0 Å². The summed E-state index contributed by atoms with van der Waals surface area (Å²) in [6.07, 6.45) is 5.50. The van der Waals surface area contributed by atoms with E-state index in [9.17, 15) is 0 Å². The number of piperidine rings is 1. The van der Waals surface area contributed by atoms with Crippen molar-refractivity contribution in [3.05, 3.63) is 16.6 Å². The maximum atomic E-state index is 4.50. The van der Waals surface area contributed by atoms with Crippen LogP contribution in [0.3, 0.4) is 0 Å². The maximum absolute atomic E-state index is 4.50. The average molecular weight is 265 g/mol. The minimum atomic E-state index is 0.491. The van der Waals surface area contributed by atoms with E-state index in [-0.39, 0.29) is 0 Å². The van der Waals surface area contributed by atoms with Gasteiger partial charge in [0.05, 0.1) is 17.2 Å². The van der Waals surface area contributed by atoms with Gasteiger partial charge in [0.15, 0.2) is 0 Å². The van der Waals surface area contributed by atoms with Crippen LogP contribution in [0.2, 0.25) is 0 Å². The monoisotopic (exact) mass is 265 g/mol. The van der Waals surface area contributed by atoms with Crippen molar-refractivity contribution in [1.82, 2.24) is 15.2 Å². The van der Waals surface area contributed by atoms with Crippen molar-refractivity contribution in [2.75, 3.05) is 19.6 Å². The fourth-order valence-electron chi connectivity index (χ4n) is 3.01. The Bertz CT molecular complexity index is 355. The first kappa shape index (κ1) is 12.6. The summed E-state index contributed by atoms with van der Waals surface area (Å²) in [7, 11) is 0. The second kappa shape index (κ2) is 5.68. The van der Waals surface area contributed by atoms with Crippen LogP contribution in [-0.2, 0) is 0 Å². The molecule has 2 unspecified atom stereocenters. The van der Waals surface area contributed by atoms with Crippen molar-refractivity contribution in [2.45, 2.75) is 44.7 Å². The summed E-state index contributed by atoms with van der Waals surface area (Å²) >= 11 is 1.71. The molecule has 1 aromatic heterocycles. The molecule has 2 aliphatic rings. The number of rotatable bonds is 5. The van der Waals surface area contributed by atoms with Crippen molar-refractivity contribution in [2.24, 2.45) is 5.92 Å². The summed E-state index contributed by atoms with van der Waals surface area (Å²) in [4.78, 5) is 7.20. The normalized spacial score (nSPS) is 26.4. The molecule has 2 fully saturated rings. The fraction of sp³-hybridized carbons (Fsp3) is 0.786.